The van der Waals surface area contributed by atoms with E-state index in [1.165, 1.54) is 0 Å². The van der Waals surface area contributed by atoms with Gasteiger partial charge in [-0.3, -0.25) is 4.79 Å². The quantitative estimate of drug-likeness (QED) is 0.472. The molecule has 26 heavy (non-hydrogen) atoms. The van der Waals surface area contributed by atoms with E-state index in [1.807, 2.05) is 6.08 Å². The Bertz CT molecular complexity index is 792. The molecule has 0 radical (unpaired) electrons. The van der Waals surface area contributed by atoms with Gasteiger partial charge in [-0.05, 0) is 77.9 Å². The molecule has 0 aliphatic heterocycles. The van der Waals surface area contributed by atoms with Crippen LogP contribution in [0, 0.1) is 17.8 Å². The first kappa shape index (κ1) is 19.6. The van der Waals surface area contributed by atoms with E-state index in [9.17, 15) is 13.2 Å². The van der Waals surface area contributed by atoms with Crippen LogP contribution in [0.4, 0.5) is 0 Å². The lowest BCUT2D eigenvalue weighted by atomic mass is 9.84. The number of carboxylic acids is 1. The first-order valence-corrected chi connectivity index (χ1v) is 11.3. The number of sulfonamides is 1. The van der Waals surface area contributed by atoms with Gasteiger partial charge in [0.2, 0.25) is 10.0 Å². The molecule has 1 aromatic rings. The van der Waals surface area contributed by atoms with Crippen molar-refractivity contribution in [3.8, 4) is 0 Å². The maximum Gasteiger partial charge on any atom is 0.303 e. The van der Waals surface area contributed by atoms with Crippen LogP contribution in [0.2, 0.25) is 0 Å². The molecular weight excluding hydrogens is 418 g/mol. The van der Waals surface area contributed by atoms with Gasteiger partial charge >= 0.3 is 5.97 Å². The lowest BCUT2D eigenvalue weighted by Crippen LogP contribution is -2.43. The summed E-state index contributed by atoms with van der Waals surface area (Å²) in [6, 6.07) is 6.77. The largest absolute Gasteiger partial charge is 0.481 e. The molecule has 0 aromatic heterocycles. The van der Waals surface area contributed by atoms with Crippen LogP contribution in [-0.2, 0) is 14.8 Å². The summed E-state index contributed by atoms with van der Waals surface area (Å²) < 4.78 is 29.2. The zero-order valence-electron chi connectivity index (χ0n) is 14.5. The molecule has 5 nitrogen and oxygen atoms in total. The van der Waals surface area contributed by atoms with Crippen LogP contribution < -0.4 is 4.72 Å². The van der Waals surface area contributed by atoms with Crippen molar-refractivity contribution in [1.29, 1.82) is 0 Å². The molecule has 2 N–H and O–H groups in total. The first-order valence-electron chi connectivity index (χ1n) is 9.04. The fourth-order valence-electron chi connectivity index (χ4n) is 4.32. The Morgan fingerprint density at radius 3 is 2.73 bits per heavy atom. The van der Waals surface area contributed by atoms with Gasteiger partial charge in [-0.1, -0.05) is 24.3 Å². The third kappa shape index (κ3) is 4.38. The van der Waals surface area contributed by atoms with E-state index in [-0.39, 0.29) is 23.3 Å². The van der Waals surface area contributed by atoms with E-state index < -0.39 is 16.0 Å². The van der Waals surface area contributed by atoms with Gasteiger partial charge in [-0.25, -0.2) is 13.1 Å². The van der Waals surface area contributed by atoms with Crippen molar-refractivity contribution in [2.45, 2.75) is 49.5 Å². The van der Waals surface area contributed by atoms with Crippen LogP contribution in [0.15, 0.2) is 45.8 Å². The van der Waals surface area contributed by atoms with Crippen LogP contribution in [0.1, 0.15) is 38.5 Å². The number of carbonyl (C=O) groups is 1. The minimum absolute atomic E-state index is 0.0819. The number of nitrogens with one attached hydrogen (secondary N) is 1. The molecule has 2 aliphatic rings. The van der Waals surface area contributed by atoms with Gasteiger partial charge in [0.1, 0.15) is 0 Å². The van der Waals surface area contributed by atoms with Crippen LogP contribution >= 0.6 is 15.9 Å². The Morgan fingerprint density at radius 1 is 1.27 bits per heavy atom. The highest BCUT2D eigenvalue weighted by molar-refractivity contribution is 9.10. The molecule has 2 aliphatic carbocycles. The minimum atomic E-state index is -3.58. The van der Waals surface area contributed by atoms with Crippen LogP contribution in [-0.4, -0.2) is 25.5 Å². The Balaban J connectivity index is 1.70. The molecule has 1 aromatic carbocycles. The molecular formula is C19H24BrNO4S. The van der Waals surface area contributed by atoms with E-state index in [1.54, 1.807) is 24.3 Å². The third-order valence-electron chi connectivity index (χ3n) is 5.52. The average Bonchev–Trinajstić information content (AvgIpc) is 3.16. The Morgan fingerprint density at radius 2 is 2.00 bits per heavy atom. The minimum Gasteiger partial charge on any atom is -0.481 e. The number of fused-ring (bicyclic) bond motifs is 2. The van der Waals surface area contributed by atoms with Crippen LogP contribution in [0.3, 0.4) is 0 Å². The number of unbranched alkanes of at least 4 members (excludes halogenated alkanes) is 1. The van der Waals surface area contributed by atoms with E-state index in [0.717, 1.165) is 19.3 Å². The van der Waals surface area contributed by atoms with Gasteiger partial charge < -0.3 is 5.11 Å². The Hall–Kier alpha value is -1.18. The highest BCUT2D eigenvalue weighted by atomic mass is 79.9. The number of halogens is 1. The zero-order chi connectivity index (χ0) is 18.7. The van der Waals surface area contributed by atoms with Gasteiger partial charge in [0.05, 0.1) is 4.90 Å². The number of rotatable bonds is 8. The molecule has 7 heteroatoms. The molecule has 3 rings (SSSR count). The van der Waals surface area contributed by atoms with Gasteiger partial charge in [0.25, 0.3) is 0 Å². The maximum absolute atomic E-state index is 12.9. The molecule has 4 atom stereocenters. The van der Waals surface area contributed by atoms with Crippen LogP contribution in [0.25, 0.3) is 0 Å². The second kappa shape index (κ2) is 8.23. The molecule has 0 saturated heterocycles. The van der Waals surface area contributed by atoms with E-state index >= 15 is 0 Å². The molecule has 2 saturated carbocycles. The van der Waals surface area contributed by atoms with Crippen molar-refractivity contribution >= 4 is 31.9 Å². The van der Waals surface area contributed by atoms with Crippen molar-refractivity contribution in [3.05, 3.63) is 40.9 Å². The lowest BCUT2D eigenvalue weighted by molar-refractivity contribution is -0.137. The molecule has 0 spiro atoms. The number of aliphatic carboxylic acids is 1. The summed E-state index contributed by atoms with van der Waals surface area (Å²) in [6.07, 6.45) is 8.89. The number of allylic oxidation sites excluding steroid dienone is 1. The SMILES string of the molecule is O=C(O)CCC/C=C\[C@H]1[C@@H]2CC[C@@H](C2)[C@@H]1NS(=O)(=O)c1ccccc1Br. The number of hydrogen-bond donors (Lipinski definition) is 2. The molecule has 0 unspecified atom stereocenters. The molecule has 0 amide bonds. The summed E-state index contributed by atoms with van der Waals surface area (Å²) in [5.74, 6) is 0.307. The normalized spacial score (nSPS) is 28.0. The molecule has 0 heterocycles. The summed E-state index contributed by atoms with van der Waals surface area (Å²) in [6.45, 7) is 0. The van der Waals surface area contributed by atoms with Gasteiger partial charge in [0.15, 0.2) is 0 Å². The fourth-order valence-corrected chi connectivity index (χ4v) is 6.66. The third-order valence-corrected chi connectivity index (χ3v) is 7.99. The standard InChI is InChI=1S/C19H24BrNO4S/c20-16-7-4-5-8-17(16)26(24,25)21-19-14-11-10-13(12-14)15(19)6-2-1-3-9-18(22)23/h2,4-8,13-15,19,21H,1,3,9-12H2,(H,22,23)/b6-2-/t13-,14+,15+,19+/m1/s1. The van der Waals surface area contributed by atoms with Gasteiger partial charge in [-0.2, -0.15) is 0 Å². The smallest absolute Gasteiger partial charge is 0.303 e. The summed E-state index contributed by atoms with van der Waals surface area (Å²) in [5, 5.41) is 8.71. The predicted molar refractivity (Wildman–Crippen MR) is 103 cm³/mol. The predicted octanol–water partition coefficient (Wildman–Crippen LogP) is 3.95. The molecule has 2 fully saturated rings. The van der Waals surface area contributed by atoms with E-state index in [2.05, 4.69) is 26.7 Å². The Kier molecular flexibility index (Phi) is 6.20. The van der Waals surface area contributed by atoms with Crippen molar-refractivity contribution in [2.75, 3.05) is 0 Å². The Labute approximate surface area is 163 Å². The monoisotopic (exact) mass is 441 g/mol. The zero-order valence-corrected chi connectivity index (χ0v) is 16.9. The number of carboxylic acid groups (broad SMARTS) is 1. The van der Waals surface area contributed by atoms with Gasteiger partial charge in [-0.15, -0.1) is 0 Å². The average molecular weight is 442 g/mol. The summed E-state index contributed by atoms with van der Waals surface area (Å²) in [7, 11) is -3.58. The van der Waals surface area contributed by atoms with Gasteiger partial charge in [0, 0.05) is 16.9 Å². The highest BCUT2D eigenvalue weighted by Gasteiger charge is 2.47. The second-order valence-electron chi connectivity index (χ2n) is 7.20. The lowest BCUT2D eigenvalue weighted by Gasteiger charge is -2.29. The number of hydrogen-bond acceptors (Lipinski definition) is 3. The highest BCUT2D eigenvalue weighted by Crippen LogP contribution is 2.49. The first-order chi connectivity index (χ1) is 12.4. The second-order valence-corrected chi connectivity index (χ2v) is 9.74. The summed E-state index contributed by atoms with van der Waals surface area (Å²) in [4.78, 5) is 10.9. The van der Waals surface area contributed by atoms with Crippen molar-refractivity contribution in [2.24, 2.45) is 17.8 Å². The van der Waals surface area contributed by atoms with Crippen molar-refractivity contribution in [1.82, 2.24) is 4.72 Å². The summed E-state index contributed by atoms with van der Waals surface area (Å²) >= 11 is 3.33. The maximum atomic E-state index is 12.9. The van der Waals surface area contributed by atoms with Crippen LogP contribution in [0.5, 0.6) is 0 Å². The van der Waals surface area contributed by atoms with E-state index in [4.69, 9.17) is 5.11 Å². The number of benzene rings is 1. The molecule has 2 bridgehead atoms. The molecule has 142 valence electrons. The fraction of sp³-hybridized carbons (Fsp3) is 0.526. The van der Waals surface area contributed by atoms with Crippen molar-refractivity contribution < 1.29 is 18.3 Å². The van der Waals surface area contributed by atoms with Crippen molar-refractivity contribution in [3.63, 3.8) is 0 Å². The van der Waals surface area contributed by atoms with E-state index in [0.29, 0.717) is 29.2 Å². The summed E-state index contributed by atoms with van der Waals surface area (Å²) in [5.41, 5.74) is 0. The topological polar surface area (TPSA) is 83.5 Å².